The van der Waals surface area contributed by atoms with Gasteiger partial charge >= 0.3 is 0 Å². The van der Waals surface area contributed by atoms with E-state index < -0.39 is 10.0 Å². The molecule has 1 aliphatic rings. The van der Waals surface area contributed by atoms with Crippen LogP contribution in [0.3, 0.4) is 0 Å². The second-order valence-electron chi connectivity index (χ2n) is 6.42. The number of halogens is 2. The van der Waals surface area contributed by atoms with Crippen molar-refractivity contribution in [3.63, 3.8) is 0 Å². The first kappa shape index (κ1) is 20.8. The first-order valence-corrected chi connectivity index (χ1v) is 10.7. The van der Waals surface area contributed by atoms with Crippen molar-refractivity contribution in [1.82, 2.24) is 19.4 Å². The average molecular weight is 444 g/mol. The third kappa shape index (κ3) is 4.07. The van der Waals surface area contributed by atoms with Gasteiger partial charge in [0.1, 0.15) is 4.90 Å². The number of anilines is 1. The van der Waals surface area contributed by atoms with E-state index in [2.05, 4.69) is 10.2 Å². The summed E-state index contributed by atoms with van der Waals surface area (Å²) in [7, 11) is -0.137. The highest BCUT2D eigenvalue weighted by molar-refractivity contribution is 7.89. The molecule has 0 atom stereocenters. The number of carbonyl (C=O) groups excluding carboxylic acids is 1. The summed E-state index contributed by atoms with van der Waals surface area (Å²) in [6, 6.07) is 7.81. The number of aromatic nitrogens is 2. The number of sulfonamides is 1. The zero-order valence-corrected chi connectivity index (χ0v) is 17.7. The minimum atomic E-state index is -3.80. The smallest absolute Gasteiger partial charge is 0.274 e. The number of hydrogen-bond acceptors (Lipinski definition) is 6. The van der Waals surface area contributed by atoms with Gasteiger partial charge in [-0.05, 0) is 24.3 Å². The van der Waals surface area contributed by atoms with E-state index in [1.165, 1.54) is 22.5 Å². The number of benzene rings is 1. The average Bonchev–Trinajstić information content (AvgIpc) is 2.69. The predicted octanol–water partition coefficient (Wildman–Crippen LogP) is 2.00. The van der Waals surface area contributed by atoms with Crippen LogP contribution in [0.25, 0.3) is 0 Å². The van der Waals surface area contributed by atoms with Gasteiger partial charge in [0.2, 0.25) is 10.0 Å². The third-order valence-electron chi connectivity index (χ3n) is 4.39. The second-order valence-corrected chi connectivity index (χ2v) is 9.11. The highest BCUT2D eigenvalue weighted by Gasteiger charge is 2.32. The van der Waals surface area contributed by atoms with Crippen LogP contribution in [0.5, 0.6) is 0 Å². The maximum atomic E-state index is 12.9. The van der Waals surface area contributed by atoms with E-state index in [0.29, 0.717) is 5.82 Å². The maximum Gasteiger partial charge on any atom is 0.274 e. The predicted molar refractivity (Wildman–Crippen MR) is 107 cm³/mol. The Bertz CT molecular complexity index is 975. The highest BCUT2D eigenvalue weighted by atomic mass is 35.5. The summed E-state index contributed by atoms with van der Waals surface area (Å²) in [6.45, 7) is 0.793. The molecule has 0 bridgehead atoms. The van der Waals surface area contributed by atoms with E-state index in [4.69, 9.17) is 23.2 Å². The number of piperazine rings is 1. The van der Waals surface area contributed by atoms with E-state index in [-0.39, 0.29) is 52.7 Å². The molecule has 0 radical (unpaired) electrons. The van der Waals surface area contributed by atoms with Crippen molar-refractivity contribution in [3.05, 3.63) is 46.1 Å². The summed E-state index contributed by atoms with van der Waals surface area (Å²) in [5.41, 5.74) is 0.222. The topological polar surface area (TPSA) is 86.7 Å². The molecule has 0 aliphatic carbocycles. The lowest BCUT2D eigenvalue weighted by Gasteiger charge is -2.34. The molecular weight excluding hydrogens is 425 g/mol. The van der Waals surface area contributed by atoms with Gasteiger partial charge in [-0.3, -0.25) is 4.79 Å². The lowest BCUT2D eigenvalue weighted by atomic mass is 10.3. The van der Waals surface area contributed by atoms with Crippen molar-refractivity contribution in [2.45, 2.75) is 4.90 Å². The van der Waals surface area contributed by atoms with Crippen molar-refractivity contribution in [1.29, 1.82) is 0 Å². The molecule has 1 saturated heterocycles. The number of carbonyl (C=O) groups is 1. The Kier molecular flexibility index (Phi) is 6.09. The molecule has 1 amide bonds. The quantitative estimate of drug-likeness (QED) is 0.717. The molecule has 28 heavy (non-hydrogen) atoms. The minimum Gasteiger partial charge on any atom is -0.361 e. The summed E-state index contributed by atoms with van der Waals surface area (Å²) in [5.74, 6) is 0.363. The zero-order chi connectivity index (χ0) is 20.5. The Morgan fingerprint density at radius 2 is 1.71 bits per heavy atom. The summed E-state index contributed by atoms with van der Waals surface area (Å²) in [4.78, 5) is 15.9. The van der Waals surface area contributed by atoms with E-state index in [0.717, 1.165) is 0 Å². The van der Waals surface area contributed by atoms with Gasteiger partial charge in [-0.25, -0.2) is 8.42 Å². The SMILES string of the molecule is CN(C)c1ccc(C(=O)N2CCN(S(=O)(=O)c3cccc(Cl)c3Cl)CC2)nn1. The molecule has 0 unspecified atom stereocenters. The van der Waals surface area contributed by atoms with Crippen LogP contribution in [0.2, 0.25) is 10.0 Å². The van der Waals surface area contributed by atoms with Gasteiger partial charge in [-0.1, -0.05) is 29.3 Å². The van der Waals surface area contributed by atoms with E-state index in [1.807, 2.05) is 14.1 Å². The fourth-order valence-electron chi connectivity index (χ4n) is 2.79. The van der Waals surface area contributed by atoms with Crippen molar-refractivity contribution in [2.75, 3.05) is 45.2 Å². The van der Waals surface area contributed by atoms with Crippen LogP contribution >= 0.6 is 23.2 Å². The Balaban J connectivity index is 1.70. The summed E-state index contributed by atoms with van der Waals surface area (Å²) >= 11 is 12.0. The minimum absolute atomic E-state index is 0.000992. The lowest BCUT2D eigenvalue weighted by Crippen LogP contribution is -2.50. The van der Waals surface area contributed by atoms with Crippen LogP contribution in [-0.2, 0) is 10.0 Å². The molecule has 0 saturated carbocycles. The van der Waals surface area contributed by atoms with E-state index in [9.17, 15) is 13.2 Å². The molecule has 1 aromatic carbocycles. The third-order valence-corrected chi connectivity index (χ3v) is 7.26. The molecule has 3 rings (SSSR count). The molecule has 0 spiro atoms. The molecule has 0 N–H and O–H groups in total. The number of rotatable bonds is 4. The summed E-state index contributed by atoms with van der Waals surface area (Å²) < 4.78 is 27.0. The highest BCUT2D eigenvalue weighted by Crippen LogP contribution is 2.31. The van der Waals surface area contributed by atoms with Gasteiger partial charge < -0.3 is 9.80 Å². The molecule has 1 aliphatic heterocycles. The number of nitrogens with zero attached hydrogens (tertiary/aromatic N) is 5. The lowest BCUT2D eigenvalue weighted by molar-refractivity contribution is 0.0691. The van der Waals surface area contributed by atoms with Gasteiger partial charge in [0.15, 0.2) is 11.5 Å². The number of hydrogen-bond donors (Lipinski definition) is 0. The van der Waals surface area contributed by atoms with Gasteiger partial charge in [0.05, 0.1) is 10.0 Å². The largest absolute Gasteiger partial charge is 0.361 e. The zero-order valence-electron chi connectivity index (χ0n) is 15.3. The number of amides is 1. The Morgan fingerprint density at radius 1 is 1.04 bits per heavy atom. The summed E-state index contributed by atoms with van der Waals surface area (Å²) in [6.07, 6.45) is 0. The molecule has 1 fully saturated rings. The molecule has 11 heteroatoms. The first-order chi connectivity index (χ1) is 13.2. The van der Waals surface area contributed by atoms with Crippen LogP contribution in [0.4, 0.5) is 5.82 Å². The van der Waals surface area contributed by atoms with E-state index in [1.54, 1.807) is 21.9 Å². The van der Waals surface area contributed by atoms with Gasteiger partial charge in [0, 0.05) is 40.3 Å². The molecular formula is C17H19Cl2N5O3S. The monoisotopic (exact) mass is 443 g/mol. The van der Waals surface area contributed by atoms with Crippen LogP contribution < -0.4 is 4.90 Å². The van der Waals surface area contributed by atoms with Gasteiger partial charge in [0.25, 0.3) is 5.91 Å². The van der Waals surface area contributed by atoms with E-state index >= 15 is 0 Å². The summed E-state index contributed by atoms with van der Waals surface area (Å²) in [5, 5.41) is 8.14. The normalized spacial score (nSPS) is 15.5. The standard InChI is InChI=1S/C17H19Cl2N5O3S/c1-22(2)15-7-6-13(20-21-15)17(25)23-8-10-24(11-9-23)28(26,27)14-5-3-4-12(18)16(14)19/h3-7H,8-11H2,1-2H3. The van der Waals surface area contributed by atoms with Crippen LogP contribution in [0.15, 0.2) is 35.2 Å². The maximum absolute atomic E-state index is 12.9. The Morgan fingerprint density at radius 3 is 2.29 bits per heavy atom. The van der Waals surface area contributed by atoms with Gasteiger partial charge in [-0.15, -0.1) is 10.2 Å². The molecule has 2 aromatic rings. The van der Waals surface area contributed by atoms with Crippen LogP contribution in [-0.4, -0.2) is 74.0 Å². The van der Waals surface area contributed by atoms with Crippen LogP contribution in [0, 0.1) is 0 Å². The van der Waals surface area contributed by atoms with Crippen molar-refractivity contribution in [3.8, 4) is 0 Å². The molecule has 150 valence electrons. The van der Waals surface area contributed by atoms with Crippen LogP contribution in [0.1, 0.15) is 10.5 Å². The Hall–Kier alpha value is -1.94. The Labute approximate surface area is 173 Å². The van der Waals surface area contributed by atoms with Crippen molar-refractivity contribution in [2.24, 2.45) is 0 Å². The van der Waals surface area contributed by atoms with Crippen molar-refractivity contribution < 1.29 is 13.2 Å². The second kappa shape index (κ2) is 8.20. The van der Waals surface area contributed by atoms with Gasteiger partial charge in [-0.2, -0.15) is 4.31 Å². The molecule has 1 aromatic heterocycles. The fraction of sp³-hybridized carbons (Fsp3) is 0.353. The first-order valence-electron chi connectivity index (χ1n) is 8.46. The fourth-order valence-corrected chi connectivity index (χ4v) is 4.95. The molecule has 8 nitrogen and oxygen atoms in total. The molecule has 2 heterocycles. The van der Waals surface area contributed by atoms with Crippen molar-refractivity contribution >= 4 is 45.0 Å².